The lowest BCUT2D eigenvalue weighted by Crippen LogP contribution is -2.12. The summed E-state index contributed by atoms with van der Waals surface area (Å²) in [4.78, 5) is 13.8. The molecular weight excluding hydrogens is 198 g/mol. The van der Waals surface area contributed by atoms with Crippen molar-refractivity contribution in [2.24, 2.45) is 5.92 Å². The quantitative estimate of drug-likeness (QED) is 0.707. The van der Waals surface area contributed by atoms with Gasteiger partial charge in [0.15, 0.2) is 5.78 Å². The number of para-hydroxylation sites is 1. The molecule has 1 aromatic rings. The van der Waals surface area contributed by atoms with Crippen molar-refractivity contribution < 1.29 is 4.79 Å². The summed E-state index contributed by atoms with van der Waals surface area (Å²) in [5.74, 6) is 0.512. The molecule has 1 fully saturated rings. The lowest BCUT2D eigenvalue weighted by molar-refractivity contribution is -0.117. The average molecular weight is 215 g/mol. The number of ketones is 1. The molecule has 0 N–H and O–H groups in total. The predicted molar refractivity (Wildman–Crippen MR) is 66.3 cm³/mol. The van der Waals surface area contributed by atoms with Crippen LogP contribution in [-0.2, 0) is 4.79 Å². The number of hydrogen-bond acceptors (Lipinski definition) is 2. The van der Waals surface area contributed by atoms with Crippen LogP contribution >= 0.6 is 0 Å². The highest BCUT2D eigenvalue weighted by Gasteiger charge is 2.25. The highest BCUT2D eigenvalue weighted by molar-refractivity contribution is 5.99. The summed E-state index contributed by atoms with van der Waals surface area (Å²) in [6, 6.07) is 10.1. The fourth-order valence-corrected chi connectivity index (χ4v) is 2.04. The highest BCUT2D eigenvalue weighted by Crippen LogP contribution is 2.27. The van der Waals surface area contributed by atoms with E-state index in [-0.39, 0.29) is 5.92 Å². The van der Waals surface area contributed by atoms with Gasteiger partial charge >= 0.3 is 0 Å². The molecule has 84 valence electrons. The van der Waals surface area contributed by atoms with Gasteiger partial charge in [0, 0.05) is 30.4 Å². The molecule has 2 rings (SSSR count). The smallest absolute Gasteiger partial charge is 0.163 e. The van der Waals surface area contributed by atoms with Gasteiger partial charge in [0.2, 0.25) is 0 Å². The second-order valence-corrected chi connectivity index (χ2v) is 4.40. The molecule has 0 amide bonds. The number of hydrogen-bond donors (Lipinski definition) is 0. The van der Waals surface area contributed by atoms with Gasteiger partial charge in [-0.05, 0) is 25.0 Å². The number of carbonyl (C=O) groups is 1. The summed E-state index contributed by atoms with van der Waals surface area (Å²) in [5.41, 5.74) is 2.07. The van der Waals surface area contributed by atoms with Gasteiger partial charge in [0.1, 0.15) is 0 Å². The van der Waals surface area contributed by atoms with Crippen LogP contribution in [0.4, 0.5) is 5.69 Å². The van der Waals surface area contributed by atoms with Crippen LogP contribution in [0.1, 0.15) is 19.8 Å². The third kappa shape index (κ3) is 2.16. The standard InChI is InChI=1S/C14H17NO/c1-11-8-9-12(14(11)16)10-15(2)13-6-4-3-5-7-13/h3-7,10-11H,8-9H2,1-2H3/b12-10+. The van der Waals surface area contributed by atoms with Crippen molar-refractivity contribution >= 4 is 11.5 Å². The minimum atomic E-state index is 0.204. The van der Waals surface area contributed by atoms with Crippen molar-refractivity contribution in [1.82, 2.24) is 0 Å². The Morgan fingerprint density at radius 3 is 2.56 bits per heavy atom. The van der Waals surface area contributed by atoms with E-state index in [1.165, 1.54) is 0 Å². The van der Waals surface area contributed by atoms with E-state index in [0.29, 0.717) is 5.78 Å². The normalized spacial score (nSPS) is 22.8. The van der Waals surface area contributed by atoms with Crippen LogP contribution in [0, 0.1) is 5.92 Å². The number of benzene rings is 1. The first kappa shape index (κ1) is 10.9. The van der Waals surface area contributed by atoms with Gasteiger partial charge in [0.25, 0.3) is 0 Å². The first-order valence-corrected chi connectivity index (χ1v) is 5.71. The summed E-state index contributed by atoms with van der Waals surface area (Å²) in [5, 5.41) is 0. The fourth-order valence-electron chi connectivity index (χ4n) is 2.04. The topological polar surface area (TPSA) is 20.3 Å². The molecule has 0 spiro atoms. The monoisotopic (exact) mass is 215 g/mol. The summed E-state index contributed by atoms with van der Waals surface area (Å²) < 4.78 is 0. The fraction of sp³-hybridized carbons (Fsp3) is 0.357. The maximum atomic E-state index is 11.8. The summed E-state index contributed by atoms with van der Waals surface area (Å²) >= 11 is 0. The molecule has 1 saturated carbocycles. The van der Waals surface area contributed by atoms with E-state index >= 15 is 0 Å². The molecule has 0 aliphatic heterocycles. The molecule has 1 aliphatic rings. The lowest BCUT2D eigenvalue weighted by Gasteiger charge is -2.14. The molecule has 0 radical (unpaired) electrons. The zero-order valence-corrected chi connectivity index (χ0v) is 9.81. The lowest BCUT2D eigenvalue weighted by atomic mass is 10.1. The van der Waals surface area contributed by atoms with Crippen LogP contribution in [0.3, 0.4) is 0 Å². The Morgan fingerprint density at radius 1 is 1.31 bits per heavy atom. The van der Waals surface area contributed by atoms with E-state index in [0.717, 1.165) is 24.1 Å². The van der Waals surface area contributed by atoms with E-state index < -0.39 is 0 Å². The van der Waals surface area contributed by atoms with E-state index in [2.05, 4.69) is 0 Å². The molecular formula is C14H17NO. The number of anilines is 1. The van der Waals surface area contributed by atoms with Gasteiger partial charge in [-0.1, -0.05) is 25.1 Å². The van der Waals surface area contributed by atoms with Crippen LogP contribution in [0.25, 0.3) is 0 Å². The molecule has 0 bridgehead atoms. The van der Waals surface area contributed by atoms with Gasteiger partial charge in [-0.25, -0.2) is 0 Å². The second-order valence-electron chi connectivity index (χ2n) is 4.40. The Bertz CT molecular complexity index is 408. The zero-order chi connectivity index (χ0) is 11.5. The van der Waals surface area contributed by atoms with Gasteiger partial charge in [0.05, 0.1) is 0 Å². The molecule has 1 aromatic carbocycles. The minimum absolute atomic E-state index is 0.204. The van der Waals surface area contributed by atoms with Crippen molar-refractivity contribution in [2.45, 2.75) is 19.8 Å². The van der Waals surface area contributed by atoms with Crippen molar-refractivity contribution in [3.05, 3.63) is 42.1 Å². The van der Waals surface area contributed by atoms with Crippen LogP contribution < -0.4 is 4.90 Å². The molecule has 2 heteroatoms. The number of rotatable bonds is 2. The molecule has 1 unspecified atom stereocenters. The first-order chi connectivity index (χ1) is 7.68. The van der Waals surface area contributed by atoms with E-state index in [1.54, 1.807) is 0 Å². The molecule has 16 heavy (non-hydrogen) atoms. The molecule has 2 nitrogen and oxygen atoms in total. The van der Waals surface area contributed by atoms with Gasteiger partial charge < -0.3 is 4.90 Å². The van der Waals surface area contributed by atoms with Crippen LogP contribution in [0.5, 0.6) is 0 Å². The van der Waals surface area contributed by atoms with Gasteiger partial charge in [-0.15, -0.1) is 0 Å². The Balaban J connectivity index is 2.16. The van der Waals surface area contributed by atoms with E-state index in [9.17, 15) is 4.79 Å². The summed E-state index contributed by atoms with van der Waals surface area (Å²) in [7, 11) is 1.98. The largest absolute Gasteiger partial charge is 0.351 e. The minimum Gasteiger partial charge on any atom is -0.351 e. The summed E-state index contributed by atoms with van der Waals surface area (Å²) in [6.07, 6.45) is 3.88. The Hall–Kier alpha value is -1.57. The number of Topliss-reactive ketones (excluding diaryl/α,β-unsaturated/α-hetero) is 1. The van der Waals surface area contributed by atoms with Gasteiger partial charge in [-0.2, -0.15) is 0 Å². The Kier molecular flexibility index (Phi) is 3.09. The zero-order valence-electron chi connectivity index (χ0n) is 9.81. The number of carbonyl (C=O) groups excluding carboxylic acids is 1. The third-order valence-electron chi connectivity index (χ3n) is 3.12. The van der Waals surface area contributed by atoms with E-state index in [4.69, 9.17) is 0 Å². The maximum Gasteiger partial charge on any atom is 0.163 e. The van der Waals surface area contributed by atoms with Crippen molar-refractivity contribution in [3.63, 3.8) is 0 Å². The van der Waals surface area contributed by atoms with Crippen molar-refractivity contribution in [3.8, 4) is 0 Å². The van der Waals surface area contributed by atoms with Crippen LogP contribution in [0.15, 0.2) is 42.1 Å². The Morgan fingerprint density at radius 2 is 2.00 bits per heavy atom. The van der Waals surface area contributed by atoms with E-state index in [1.807, 2.05) is 55.4 Å². The molecule has 1 aliphatic carbocycles. The molecule has 0 heterocycles. The average Bonchev–Trinajstić information content (AvgIpc) is 2.62. The second kappa shape index (κ2) is 4.52. The highest BCUT2D eigenvalue weighted by atomic mass is 16.1. The number of allylic oxidation sites excluding steroid dienone is 1. The SMILES string of the molecule is CC1CC/C(=C\N(C)c2ccccc2)C1=O. The maximum absolute atomic E-state index is 11.8. The summed E-state index contributed by atoms with van der Waals surface area (Å²) in [6.45, 7) is 2.01. The van der Waals surface area contributed by atoms with Crippen LogP contribution in [-0.4, -0.2) is 12.8 Å². The molecule has 0 aromatic heterocycles. The number of nitrogens with zero attached hydrogens (tertiary/aromatic N) is 1. The van der Waals surface area contributed by atoms with Gasteiger partial charge in [-0.3, -0.25) is 4.79 Å². The predicted octanol–water partition coefficient (Wildman–Crippen LogP) is 3.01. The third-order valence-corrected chi connectivity index (χ3v) is 3.12. The van der Waals surface area contributed by atoms with Crippen molar-refractivity contribution in [1.29, 1.82) is 0 Å². The first-order valence-electron chi connectivity index (χ1n) is 5.71. The van der Waals surface area contributed by atoms with Crippen molar-refractivity contribution in [2.75, 3.05) is 11.9 Å². The Labute approximate surface area is 96.6 Å². The molecule has 0 saturated heterocycles. The molecule has 1 atom stereocenters. The van der Waals surface area contributed by atoms with Crippen LogP contribution in [0.2, 0.25) is 0 Å².